The summed E-state index contributed by atoms with van der Waals surface area (Å²) in [5, 5.41) is 29.5. The van der Waals surface area contributed by atoms with E-state index in [1.54, 1.807) is 6.07 Å². The van der Waals surface area contributed by atoms with E-state index in [4.69, 9.17) is 0 Å². The van der Waals surface area contributed by atoms with Crippen LogP contribution in [0.15, 0.2) is 59.8 Å². The molecule has 0 saturated heterocycles. The van der Waals surface area contributed by atoms with Gasteiger partial charge in [-0.3, -0.25) is 25.0 Å². The first-order valence-corrected chi connectivity index (χ1v) is 8.34. The van der Waals surface area contributed by atoms with E-state index in [9.17, 15) is 29.8 Å². The molecule has 1 heterocycles. The minimum absolute atomic E-state index is 0.125. The van der Waals surface area contributed by atoms with E-state index in [2.05, 4.69) is 16.0 Å². The smallest absolute Gasteiger partial charge is 0.319 e. The minimum Gasteiger partial charge on any atom is -0.327 e. The van der Waals surface area contributed by atoms with E-state index in [-0.39, 0.29) is 22.6 Å². The average Bonchev–Trinajstić information content (AvgIpc) is 2.67. The van der Waals surface area contributed by atoms with Crippen molar-refractivity contribution in [2.45, 2.75) is 13.0 Å². The lowest BCUT2D eigenvalue weighted by Crippen LogP contribution is -2.46. The molecular weight excluding hydrogens is 382 g/mol. The number of nitrogens with one attached hydrogen (secondary N) is 3. The summed E-state index contributed by atoms with van der Waals surface area (Å²) in [4.78, 5) is 45.5. The Hall–Kier alpha value is -4.28. The maximum Gasteiger partial charge on any atom is 0.319 e. The molecule has 0 bridgehead atoms. The Morgan fingerprint density at radius 2 is 1.69 bits per heavy atom. The number of non-ortho nitro benzene ring substituents is 2. The molecule has 0 aliphatic carbocycles. The summed E-state index contributed by atoms with van der Waals surface area (Å²) in [6, 6.07) is 9.39. The van der Waals surface area contributed by atoms with Gasteiger partial charge in [0.15, 0.2) is 0 Å². The van der Waals surface area contributed by atoms with Crippen LogP contribution in [0.4, 0.5) is 21.9 Å². The van der Waals surface area contributed by atoms with Crippen molar-refractivity contribution in [2.24, 2.45) is 0 Å². The molecule has 1 atom stereocenters. The summed E-state index contributed by atoms with van der Waals surface area (Å²) < 4.78 is 0. The molecule has 0 unspecified atom stereocenters. The Labute approximate surface area is 163 Å². The highest BCUT2D eigenvalue weighted by Gasteiger charge is 2.32. The monoisotopic (exact) mass is 397 g/mol. The highest BCUT2D eigenvalue weighted by molar-refractivity contribution is 6.06. The largest absolute Gasteiger partial charge is 0.327 e. The standard InChI is InChI=1S/C18H15N5O6/c1-10-15(17(24)20-12-5-7-13(8-6-12)22(26)27)16(21-18(25)19-10)11-3-2-4-14(9-11)23(28)29/h2-9,16H,1H3,(H,20,24)(H2,19,21,25)/t16-/m0/s1. The molecule has 2 aromatic carbocycles. The summed E-state index contributed by atoms with van der Waals surface area (Å²) in [7, 11) is 0. The first-order valence-electron chi connectivity index (χ1n) is 8.34. The molecule has 3 rings (SSSR count). The second-order valence-electron chi connectivity index (χ2n) is 6.18. The van der Waals surface area contributed by atoms with E-state index < -0.39 is 27.8 Å². The maximum atomic E-state index is 12.9. The lowest BCUT2D eigenvalue weighted by atomic mass is 9.94. The molecule has 0 radical (unpaired) electrons. The lowest BCUT2D eigenvalue weighted by Gasteiger charge is -2.28. The maximum absolute atomic E-state index is 12.9. The Balaban J connectivity index is 1.93. The van der Waals surface area contributed by atoms with Gasteiger partial charge < -0.3 is 16.0 Å². The lowest BCUT2D eigenvalue weighted by molar-refractivity contribution is -0.385. The van der Waals surface area contributed by atoms with Crippen molar-refractivity contribution in [3.05, 3.63) is 85.6 Å². The van der Waals surface area contributed by atoms with E-state index in [1.165, 1.54) is 49.4 Å². The average molecular weight is 397 g/mol. The highest BCUT2D eigenvalue weighted by Crippen LogP contribution is 2.30. The second-order valence-corrected chi connectivity index (χ2v) is 6.18. The number of benzene rings is 2. The van der Waals surface area contributed by atoms with E-state index >= 15 is 0 Å². The van der Waals surface area contributed by atoms with Crippen LogP contribution >= 0.6 is 0 Å². The van der Waals surface area contributed by atoms with Gasteiger partial charge in [0.2, 0.25) is 0 Å². The van der Waals surface area contributed by atoms with Crippen LogP contribution in [0.2, 0.25) is 0 Å². The van der Waals surface area contributed by atoms with Crippen molar-refractivity contribution in [3.63, 3.8) is 0 Å². The number of urea groups is 1. The van der Waals surface area contributed by atoms with Crippen LogP contribution in [0.3, 0.4) is 0 Å². The summed E-state index contributed by atoms with van der Waals surface area (Å²) >= 11 is 0. The number of hydrogen-bond acceptors (Lipinski definition) is 6. The zero-order valence-corrected chi connectivity index (χ0v) is 15.0. The van der Waals surface area contributed by atoms with Crippen LogP contribution in [-0.4, -0.2) is 21.8 Å². The molecule has 3 N–H and O–H groups in total. The number of allylic oxidation sites excluding steroid dienone is 1. The molecule has 2 aromatic rings. The predicted octanol–water partition coefficient (Wildman–Crippen LogP) is 2.77. The number of rotatable bonds is 5. The summed E-state index contributed by atoms with van der Waals surface area (Å²) in [6.07, 6.45) is 0. The number of hydrogen-bond donors (Lipinski definition) is 3. The predicted molar refractivity (Wildman–Crippen MR) is 102 cm³/mol. The van der Waals surface area contributed by atoms with Gasteiger partial charge in [0.1, 0.15) is 0 Å². The Kier molecular flexibility index (Phi) is 5.21. The molecule has 1 aliphatic heterocycles. The topological polar surface area (TPSA) is 157 Å². The number of nitro groups is 2. The first kappa shape index (κ1) is 19.5. The van der Waals surface area contributed by atoms with Gasteiger partial charge in [-0.2, -0.15) is 0 Å². The number of carbonyl (C=O) groups is 2. The number of carbonyl (C=O) groups excluding carboxylic acids is 2. The summed E-state index contributed by atoms with van der Waals surface area (Å²) in [6.45, 7) is 1.54. The molecule has 29 heavy (non-hydrogen) atoms. The number of nitrogens with zero attached hydrogens (tertiary/aromatic N) is 2. The first-order chi connectivity index (χ1) is 13.8. The van der Waals surface area contributed by atoms with Crippen molar-refractivity contribution >= 4 is 29.0 Å². The third-order valence-electron chi connectivity index (χ3n) is 4.26. The van der Waals surface area contributed by atoms with E-state index in [0.29, 0.717) is 11.3 Å². The molecule has 0 saturated carbocycles. The Morgan fingerprint density at radius 1 is 1.03 bits per heavy atom. The normalized spacial score (nSPS) is 15.9. The van der Waals surface area contributed by atoms with Crippen LogP contribution in [0.1, 0.15) is 18.5 Å². The van der Waals surface area contributed by atoms with Gasteiger partial charge in [-0.15, -0.1) is 0 Å². The van der Waals surface area contributed by atoms with Gasteiger partial charge in [-0.05, 0) is 24.6 Å². The molecule has 148 valence electrons. The molecule has 0 aromatic heterocycles. The highest BCUT2D eigenvalue weighted by atomic mass is 16.6. The van der Waals surface area contributed by atoms with E-state index in [0.717, 1.165) is 0 Å². The van der Waals surface area contributed by atoms with Crippen molar-refractivity contribution in [2.75, 3.05) is 5.32 Å². The van der Waals surface area contributed by atoms with Gasteiger partial charge in [-0.1, -0.05) is 12.1 Å². The van der Waals surface area contributed by atoms with Crippen molar-refractivity contribution in [1.29, 1.82) is 0 Å². The fraction of sp³-hybridized carbons (Fsp3) is 0.111. The van der Waals surface area contributed by atoms with Crippen LogP contribution in [-0.2, 0) is 4.79 Å². The Morgan fingerprint density at radius 3 is 2.31 bits per heavy atom. The van der Waals surface area contributed by atoms with Crippen LogP contribution in [0.25, 0.3) is 0 Å². The van der Waals surface area contributed by atoms with Gasteiger partial charge in [-0.25, -0.2) is 4.79 Å². The zero-order chi connectivity index (χ0) is 21.1. The summed E-state index contributed by atoms with van der Waals surface area (Å²) in [5.41, 5.74) is 0.813. The third-order valence-corrected chi connectivity index (χ3v) is 4.26. The minimum atomic E-state index is -0.915. The molecule has 0 spiro atoms. The quantitative estimate of drug-likeness (QED) is 0.520. The SMILES string of the molecule is CC1=C(C(=O)Nc2ccc([N+](=O)[O-])cc2)[C@H](c2cccc([N+](=O)[O-])c2)NC(=O)N1. The molecule has 11 nitrogen and oxygen atoms in total. The van der Waals surface area contributed by atoms with Gasteiger partial charge in [0.25, 0.3) is 17.3 Å². The van der Waals surface area contributed by atoms with E-state index in [1.807, 2.05) is 0 Å². The van der Waals surface area contributed by atoms with Crippen molar-refractivity contribution < 1.29 is 19.4 Å². The zero-order valence-electron chi connectivity index (χ0n) is 15.0. The number of nitro benzene ring substituents is 2. The Bertz CT molecular complexity index is 1050. The fourth-order valence-corrected chi connectivity index (χ4v) is 2.93. The molecule has 0 fully saturated rings. The van der Waals surface area contributed by atoms with Gasteiger partial charge in [0, 0.05) is 35.6 Å². The molecule has 11 heteroatoms. The number of anilines is 1. The van der Waals surface area contributed by atoms with Crippen LogP contribution in [0, 0.1) is 20.2 Å². The molecular formula is C18H15N5O6. The van der Waals surface area contributed by atoms with Crippen LogP contribution in [0.5, 0.6) is 0 Å². The molecule has 3 amide bonds. The van der Waals surface area contributed by atoms with Gasteiger partial charge >= 0.3 is 6.03 Å². The van der Waals surface area contributed by atoms with Crippen molar-refractivity contribution in [1.82, 2.24) is 10.6 Å². The number of amides is 3. The van der Waals surface area contributed by atoms with Crippen LogP contribution < -0.4 is 16.0 Å². The summed E-state index contributed by atoms with van der Waals surface area (Å²) in [5.74, 6) is -0.569. The van der Waals surface area contributed by atoms with Crippen molar-refractivity contribution in [3.8, 4) is 0 Å². The second kappa shape index (κ2) is 7.76. The fourth-order valence-electron chi connectivity index (χ4n) is 2.93. The van der Waals surface area contributed by atoms with Gasteiger partial charge in [0.05, 0.1) is 21.5 Å². The molecule has 1 aliphatic rings. The third kappa shape index (κ3) is 4.18.